The van der Waals surface area contributed by atoms with Gasteiger partial charge in [-0.25, -0.2) is 17.2 Å². The van der Waals surface area contributed by atoms with Crippen LogP contribution in [0.4, 0.5) is 25.8 Å². The van der Waals surface area contributed by atoms with Crippen molar-refractivity contribution in [2.75, 3.05) is 15.4 Å². The number of hydrogen-bond donors (Lipinski definition) is 3. The van der Waals surface area contributed by atoms with Crippen LogP contribution in [0.5, 0.6) is 0 Å². The van der Waals surface area contributed by atoms with Crippen molar-refractivity contribution in [2.45, 2.75) is 29.6 Å². The summed E-state index contributed by atoms with van der Waals surface area (Å²) in [6.45, 7) is 0. The lowest BCUT2D eigenvalue weighted by molar-refractivity contribution is -0.123. The molecule has 1 aliphatic heterocycles. The topological polar surface area (TPSA) is 117 Å². The minimum absolute atomic E-state index is 0.0234. The van der Waals surface area contributed by atoms with E-state index in [0.717, 1.165) is 18.6 Å². The number of hydrogen-bond acceptors (Lipinski definition) is 5. The molecule has 1 aliphatic carbocycles. The van der Waals surface area contributed by atoms with Crippen LogP contribution < -0.4 is 15.4 Å². The van der Waals surface area contributed by atoms with Crippen molar-refractivity contribution >= 4 is 38.9 Å². The van der Waals surface area contributed by atoms with Crippen molar-refractivity contribution in [3.8, 4) is 0 Å². The third-order valence-corrected chi connectivity index (χ3v) is 7.58. The molecule has 3 aromatic rings. The van der Waals surface area contributed by atoms with Crippen LogP contribution in [0.15, 0.2) is 59.8 Å². The molecule has 1 saturated carbocycles. The van der Waals surface area contributed by atoms with Crippen molar-refractivity contribution in [2.24, 2.45) is 0 Å². The molecule has 0 radical (unpaired) electrons. The minimum atomic E-state index is -4.43. The molecule has 2 amide bonds. The maximum atomic E-state index is 14.2. The van der Waals surface area contributed by atoms with Crippen LogP contribution in [0.1, 0.15) is 35.2 Å². The van der Waals surface area contributed by atoms with Gasteiger partial charge in [0.1, 0.15) is 16.5 Å². The average molecular weight is 484 g/mol. The maximum absolute atomic E-state index is 14.2. The summed E-state index contributed by atoms with van der Waals surface area (Å²) in [5, 5.41) is 5.52. The normalized spacial score (nSPS) is 15.9. The maximum Gasteiger partial charge on any atom is 0.264 e. The second-order valence-electron chi connectivity index (χ2n) is 8.21. The number of aromatic nitrogens is 1. The average Bonchev–Trinajstić information content (AvgIpc) is 3.06. The van der Waals surface area contributed by atoms with E-state index in [2.05, 4.69) is 20.3 Å². The number of sulfonamides is 1. The number of benzene rings is 2. The van der Waals surface area contributed by atoms with E-state index in [9.17, 15) is 26.8 Å². The van der Waals surface area contributed by atoms with E-state index in [1.54, 1.807) is 0 Å². The highest BCUT2D eigenvalue weighted by atomic mass is 32.2. The van der Waals surface area contributed by atoms with Gasteiger partial charge in [-0.15, -0.1) is 0 Å². The SMILES string of the molecule is O=C(Nc1cc(NS(=O)(=O)c2ccc(F)cc2F)cc2c1NC(=O)C21CCC1)c1ccncc1. The Kier molecular flexibility index (Phi) is 5.08. The zero-order valence-corrected chi connectivity index (χ0v) is 18.4. The highest BCUT2D eigenvalue weighted by Crippen LogP contribution is 2.54. The van der Waals surface area contributed by atoms with E-state index in [-0.39, 0.29) is 17.3 Å². The summed E-state index contributed by atoms with van der Waals surface area (Å²) in [4.78, 5) is 28.7. The monoisotopic (exact) mass is 484 g/mol. The molecule has 11 heteroatoms. The third-order valence-electron chi connectivity index (χ3n) is 6.16. The summed E-state index contributed by atoms with van der Waals surface area (Å²) >= 11 is 0. The lowest BCUT2D eigenvalue weighted by Crippen LogP contribution is -2.40. The smallest absolute Gasteiger partial charge is 0.264 e. The van der Waals surface area contributed by atoms with Crippen molar-refractivity contribution in [1.82, 2.24) is 4.98 Å². The van der Waals surface area contributed by atoms with E-state index in [4.69, 9.17) is 0 Å². The predicted octanol–water partition coefficient (Wildman–Crippen LogP) is 3.79. The molecule has 1 spiro atoms. The van der Waals surface area contributed by atoms with Crippen LogP contribution in [0.2, 0.25) is 0 Å². The second kappa shape index (κ2) is 7.87. The van der Waals surface area contributed by atoms with Gasteiger partial charge in [0.2, 0.25) is 5.91 Å². The van der Waals surface area contributed by atoms with Gasteiger partial charge >= 0.3 is 0 Å². The van der Waals surface area contributed by atoms with Crippen LogP contribution in [0, 0.1) is 11.6 Å². The molecule has 1 aromatic heterocycles. The summed E-state index contributed by atoms with van der Waals surface area (Å²) in [6, 6.07) is 8.00. The van der Waals surface area contributed by atoms with Gasteiger partial charge in [-0.2, -0.15) is 0 Å². The first-order chi connectivity index (χ1) is 16.2. The van der Waals surface area contributed by atoms with Gasteiger partial charge < -0.3 is 10.6 Å². The molecule has 1 fully saturated rings. The van der Waals surface area contributed by atoms with Gasteiger partial charge in [-0.3, -0.25) is 19.3 Å². The molecule has 0 bridgehead atoms. The van der Waals surface area contributed by atoms with E-state index in [1.807, 2.05) is 0 Å². The zero-order chi connectivity index (χ0) is 24.1. The molecule has 0 atom stereocenters. The number of carbonyl (C=O) groups excluding carboxylic acids is 2. The van der Waals surface area contributed by atoms with Gasteiger partial charge in [0.25, 0.3) is 15.9 Å². The molecule has 5 rings (SSSR count). The third kappa shape index (κ3) is 3.58. The van der Waals surface area contributed by atoms with Gasteiger partial charge in [0.15, 0.2) is 0 Å². The van der Waals surface area contributed by atoms with Gasteiger partial charge in [0, 0.05) is 24.0 Å². The Morgan fingerprint density at radius 1 is 1.06 bits per heavy atom. The molecular weight excluding hydrogens is 466 g/mol. The van der Waals surface area contributed by atoms with Crippen LogP contribution in [-0.4, -0.2) is 25.2 Å². The van der Waals surface area contributed by atoms with Crippen LogP contribution in [0.25, 0.3) is 0 Å². The number of nitrogens with one attached hydrogen (secondary N) is 3. The molecule has 174 valence electrons. The summed E-state index contributed by atoms with van der Waals surface area (Å²) in [7, 11) is -4.43. The van der Waals surface area contributed by atoms with Crippen LogP contribution >= 0.6 is 0 Å². The largest absolute Gasteiger partial charge is 0.323 e. The van der Waals surface area contributed by atoms with E-state index < -0.39 is 37.9 Å². The Labute approximate surface area is 193 Å². The number of pyridine rings is 1. The first kappa shape index (κ1) is 22.0. The fourth-order valence-electron chi connectivity index (χ4n) is 4.29. The van der Waals surface area contributed by atoms with E-state index in [0.29, 0.717) is 35.7 Å². The quantitative estimate of drug-likeness (QED) is 0.510. The number of amides is 2. The fraction of sp³-hybridized carbons (Fsp3) is 0.174. The minimum Gasteiger partial charge on any atom is -0.323 e. The van der Waals surface area contributed by atoms with Gasteiger partial charge in [-0.1, -0.05) is 6.42 Å². The van der Waals surface area contributed by atoms with Crippen LogP contribution in [0.3, 0.4) is 0 Å². The van der Waals surface area contributed by atoms with Crippen molar-refractivity contribution in [3.63, 3.8) is 0 Å². The molecule has 34 heavy (non-hydrogen) atoms. The van der Waals surface area contributed by atoms with E-state index in [1.165, 1.54) is 36.7 Å². The Balaban J connectivity index is 1.56. The number of rotatable bonds is 5. The van der Waals surface area contributed by atoms with Crippen molar-refractivity contribution < 1.29 is 26.8 Å². The first-order valence-corrected chi connectivity index (χ1v) is 11.9. The predicted molar refractivity (Wildman–Crippen MR) is 120 cm³/mol. The number of anilines is 3. The fourth-order valence-corrected chi connectivity index (χ4v) is 5.40. The van der Waals surface area contributed by atoms with Gasteiger partial charge in [-0.05, 0) is 54.8 Å². The Morgan fingerprint density at radius 3 is 2.44 bits per heavy atom. The Morgan fingerprint density at radius 2 is 1.79 bits per heavy atom. The van der Waals surface area contributed by atoms with Crippen LogP contribution in [-0.2, 0) is 20.2 Å². The summed E-state index contributed by atoms with van der Waals surface area (Å²) in [5.41, 5.74) is 0.653. The summed E-state index contributed by atoms with van der Waals surface area (Å²) < 4.78 is 55.4. The molecule has 2 heterocycles. The lowest BCUT2D eigenvalue weighted by Gasteiger charge is -2.36. The number of fused-ring (bicyclic) bond motifs is 2. The number of halogens is 2. The number of carbonyl (C=O) groups is 2. The Bertz CT molecular complexity index is 1440. The van der Waals surface area contributed by atoms with Crippen molar-refractivity contribution in [1.29, 1.82) is 0 Å². The van der Waals surface area contributed by atoms with E-state index >= 15 is 0 Å². The summed E-state index contributed by atoms with van der Waals surface area (Å²) in [6.07, 6.45) is 4.87. The zero-order valence-electron chi connectivity index (χ0n) is 17.6. The second-order valence-corrected chi connectivity index (χ2v) is 9.86. The van der Waals surface area contributed by atoms with Gasteiger partial charge in [0.05, 0.1) is 22.5 Å². The highest BCUT2D eigenvalue weighted by Gasteiger charge is 2.52. The van der Waals surface area contributed by atoms with Crippen molar-refractivity contribution in [3.05, 3.63) is 77.6 Å². The Hall–Kier alpha value is -3.86. The molecule has 3 N–H and O–H groups in total. The standard InChI is InChI=1S/C23H18F2N4O4S/c24-14-2-3-19(17(25)10-14)34(32,33)29-15-11-16-20(28-22(31)23(16)6-1-7-23)18(12-15)27-21(30)13-4-8-26-9-5-13/h2-5,8-12,29H,1,6-7H2,(H,27,30)(H,28,31). The lowest BCUT2D eigenvalue weighted by atomic mass is 9.65. The number of nitrogens with zero attached hydrogens (tertiary/aromatic N) is 1. The highest BCUT2D eigenvalue weighted by molar-refractivity contribution is 7.92. The molecular formula is C23H18F2N4O4S. The molecule has 0 saturated heterocycles. The molecule has 2 aromatic carbocycles. The first-order valence-electron chi connectivity index (χ1n) is 10.4. The molecule has 0 unspecified atom stereocenters. The molecule has 8 nitrogen and oxygen atoms in total. The summed E-state index contributed by atoms with van der Waals surface area (Å²) in [5.74, 6) is -2.87. The molecule has 2 aliphatic rings.